The van der Waals surface area contributed by atoms with Crippen molar-refractivity contribution in [1.82, 2.24) is 0 Å². The minimum Gasteiger partial charge on any atom is -0.257 e. The Bertz CT molecular complexity index is 1080. The van der Waals surface area contributed by atoms with E-state index in [4.69, 9.17) is 5.10 Å². The number of allylic oxidation sites excluding steroid dienone is 1. The number of fused-ring (bicyclic) bond motifs is 1. The predicted octanol–water partition coefficient (Wildman–Crippen LogP) is 7.10. The van der Waals surface area contributed by atoms with Gasteiger partial charge in [0.1, 0.15) is 0 Å². The molecule has 1 fully saturated rings. The lowest BCUT2D eigenvalue weighted by atomic mass is 9.77. The van der Waals surface area contributed by atoms with E-state index in [-0.39, 0.29) is 6.04 Å². The van der Waals surface area contributed by atoms with E-state index in [2.05, 4.69) is 104 Å². The van der Waals surface area contributed by atoms with Crippen molar-refractivity contribution in [2.75, 3.05) is 5.01 Å². The lowest BCUT2D eigenvalue weighted by Crippen LogP contribution is -2.28. The Kier molecular flexibility index (Phi) is 5.00. The number of aryl methyl sites for hydroxylation is 2. The fourth-order valence-corrected chi connectivity index (χ4v) is 4.76. The van der Waals surface area contributed by atoms with Gasteiger partial charge in [-0.15, -0.1) is 0 Å². The van der Waals surface area contributed by atoms with Gasteiger partial charge in [-0.3, -0.25) is 5.01 Å². The zero-order valence-electron chi connectivity index (χ0n) is 17.8. The third-order valence-corrected chi connectivity index (χ3v) is 6.36. The van der Waals surface area contributed by atoms with Crippen LogP contribution in [0.25, 0.3) is 6.08 Å². The van der Waals surface area contributed by atoms with Crippen LogP contribution in [0.15, 0.2) is 89.5 Å². The van der Waals surface area contributed by atoms with Gasteiger partial charge in [0.05, 0.1) is 17.4 Å². The molecule has 0 N–H and O–H groups in total. The van der Waals surface area contributed by atoms with Crippen molar-refractivity contribution >= 4 is 17.5 Å². The second-order valence-corrected chi connectivity index (χ2v) is 8.60. The molecule has 1 saturated carbocycles. The number of benzene rings is 3. The highest BCUT2D eigenvalue weighted by Gasteiger charge is 2.41. The van der Waals surface area contributed by atoms with E-state index in [1.54, 1.807) is 0 Å². The summed E-state index contributed by atoms with van der Waals surface area (Å²) in [6.07, 6.45) is 5.86. The molecule has 2 nitrogen and oxygen atoms in total. The molecule has 0 spiro atoms. The van der Waals surface area contributed by atoms with Gasteiger partial charge in [-0.1, -0.05) is 77.9 Å². The van der Waals surface area contributed by atoms with Crippen LogP contribution in [0.4, 0.5) is 5.69 Å². The van der Waals surface area contributed by atoms with Gasteiger partial charge in [0.25, 0.3) is 0 Å². The third kappa shape index (κ3) is 3.59. The third-order valence-electron chi connectivity index (χ3n) is 6.36. The van der Waals surface area contributed by atoms with Gasteiger partial charge in [0.15, 0.2) is 0 Å². The molecule has 0 radical (unpaired) electrons. The van der Waals surface area contributed by atoms with Crippen molar-refractivity contribution in [3.05, 3.63) is 107 Å². The van der Waals surface area contributed by atoms with E-state index in [0.717, 1.165) is 6.42 Å². The molecule has 0 aromatic heterocycles. The second-order valence-electron chi connectivity index (χ2n) is 8.60. The molecule has 3 aromatic rings. The summed E-state index contributed by atoms with van der Waals surface area (Å²) in [4.78, 5) is 0. The minimum atomic E-state index is 0.254. The molecule has 0 saturated heterocycles. The minimum absolute atomic E-state index is 0.254. The summed E-state index contributed by atoms with van der Waals surface area (Å²) in [5, 5.41) is 7.50. The number of hydrogen-bond donors (Lipinski definition) is 0. The standard InChI is InChI=1S/C28H28N2/c1-20-11-15-22(16-12-20)19-24-7-6-10-26-27(24)29-30(25-8-4-3-5-9-25)28(26)23-17-13-21(2)14-18-23/h3-5,8-9,11-19,26,28H,6-7,10H2,1-2H3/b24-19-/t26-,28-/m0/s1. The van der Waals surface area contributed by atoms with E-state index in [1.807, 2.05) is 0 Å². The Morgan fingerprint density at radius 2 is 1.50 bits per heavy atom. The normalized spacial score (nSPS) is 22.1. The molecule has 150 valence electrons. The smallest absolute Gasteiger partial charge is 0.0859 e. The molecule has 5 rings (SSSR count). The van der Waals surface area contributed by atoms with Crippen LogP contribution < -0.4 is 5.01 Å². The summed E-state index contributed by atoms with van der Waals surface area (Å²) >= 11 is 0. The van der Waals surface area contributed by atoms with Crippen molar-refractivity contribution < 1.29 is 0 Å². The van der Waals surface area contributed by atoms with Crippen LogP contribution in [0.1, 0.15) is 47.6 Å². The maximum absolute atomic E-state index is 5.24. The maximum atomic E-state index is 5.24. The number of anilines is 1. The zero-order chi connectivity index (χ0) is 20.5. The van der Waals surface area contributed by atoms with Crippen LogP contribution in [-0.2, 0) is 0 Å². The number of para-hydroxylation sites is 1. The second kappa shape index (κ2) is 7.95. The molecule has 1 heterocycles. The van der Waals surface area contributed by atoms with Gasteiger partial charge in [0.2, 0.25) is 0 Å². The molecule has 0 amide bonds. The molecule has 0 bridgehead atoms. The van der Waals surface area contributed by atoms with E-state index in [1.165, 1.54) is 52.1 Å². The number of hydrogen-bond acceptors (Lipinski definition) is 2. The van der Waals surface area contributed by atoms with Gasteiger partial charge in [-0.05, 0) is 68.0 Å². The summed E-state index contributed by atoms with van der Waals surface area (Å²) in [5.41, 5.74) is 9.05. The first-order valence-electron chi connectivity index (χ1n) is 11.0. The topological polar surface area (TPSA) is 15.6 Å². The van der Waals surface area contributed by atoms with Gasteiger partial charge < -0.3 is 0 Å². The lowest BCUT2D eigenvalue weighted by molar-refractivity contribution is 0.488. The van der Waals surface area contributed by atoms with Crippen molar-refractivity contribution in [3.8, 4) is 0 Å². The molecular weight excluding hydrogens is 364 g/mol. The van der Waals surface area contributed by atoms with Crippen LogP contribution in [0.5, 0.6) is 0 Å². The van der Waals surface area contributed by atoms with Crippen LogP contribution >= 0.6 is 0 Å². The Morgan fingerprint density at radius 3 is 2.20 bits per heavy atom. The molecule has 2 heteroatoms. The molecule has 3 aromatic carbocycles. The van der Waals surface area contributed by atoms with Gasteiger partial charge in [-0.25, -0.2) is 0 Å². The summed E-state index contributed by atoms with van der Waals surface area (Å²) in [6.45, 7) is 4.29. The van der Waals surface area contributed by atoms with E-state index in [0.29, 0.717) is 5.92 Å². The highest BCUT2D eigenvalue weighted by atomic mass is 15.5. The Morgan fingerprint density at radius 1 is 0.833 bits per heavy atom. The van der Waals surface area contributed by atoms with Crippen LogP contribution in [0.2, 0.25) is 0 Å². The van der Waals surface area contributed by atoms with Gasteiger partial charge >= 0.3 is 0 Å². The molecular formula is C28H28N2. The van der Waals surface area contributed by atoms with Crippen molar-refractivity contribution in [2.24, 2.45) is 11.0 Å². The summed E-state index contributed by atoms with van der Waals surface area (Å²) in [7, 11) is 0. The Labute approximate surface area is 179 Å². The molecule has 30 heavy (non-hydrogen) atoms. The molecule has 2 aliphatic rings. The van der Waals surface area contributed by atoms with Crippen molar-refractivity contribution in [3.63, 3.8) is 0 Å². The van der Waals surface area contributed by atoms with Crippen LogP contribution in [0.3, 0.4) is 0 Å². The zero-order valence-corrected chi connectivity index (χ0v) is 17.8. The van der Waals surface area contributed by atoms with Crippen LogP contribution in [-0.4, -0.2) is 5.71 Å². The monoisotopic (exact) mass is 392 g/mol. The SMILES string of the molecule is Cc1ccc(/C=C2/CCC[C@H]3C2=NN(c2ccccc2)[C@H]3c2ccc(C)cc2)cc1. The average Bonchev–Trinajstić information content (AvgIpc) is 3.17. The Balaban J connectivity index is 1.58. The largest absolute Gasteiger partial charge is 0.257 e. The van der Waals surface area contributed by atoms with Gasteiger partial charge in [-0.2, -0.15) is 5.10 Å². The summed E-state index contributed by atoms with van der Waals surface area (Å²) in [6, 6.07) is 28.7. The first-order chi connectivity index (χ1) is 14.7. The van der Waals surface area contributed by atoms with E-state index < -0.39 is 0 Å². The Hall–Kier alpha value is -3.13. The summed E-state index contributed by atoms with van der Waals surface area (Å²) < 4.78 is 0. The average molecular weight is 393 g/mol. The van der Waals surface area contributed by atoms with Crippen molar-refractivity contribution in [2.45, 2.75) is 39.2 Å². The quantitative estimate of drug-likeness (QED) is 0.464. The first kappa shape index (κ1) is 18.9. The van der Waals surface area contributed by atoms with E-state index >= 15 is 0 Å². The fraction of sp³-hybridized carbons (Fsp3) is 0.250. The number of nitrogens with zero attached hydrogens (tertiary/aromatic N) is 2. The number of hydrazone groups is 1. The highest BCUT2D eigenvalue weighted by Crippen LogP contribution is 2.46. The van der Waals surface area contributed by atoms with Crippen LogP contribution in [0, 0.1) is 19.8 Å². The van der Waals surface area contributed by atoms with Gasteiger partial charge in [0, 0.05) is 5.92 Å². The predicted molar refractivity (Wildman–Crippen MR) is 127 cm³/mol. The van der Waals surface area contributed by atoms with E-state index in [9.17, 15) is 0 Å². The molecule has 2 atom stereocenters. The number of rotatable bonds is 3. The maximum Gasteiger partial charge on any atom is 0.0859 e. The molecule has 1 aliphatic carbocycles. The molecule has 0 unspecified atom stereocenters. The summed E-state index contributed by atoms with van der Waals surface area (Å²) in [5.74, 6) is 0.429. The highest BCUT2D eigenvalue weighted by molar-refractivity contribution is 6.08. The first-order valence-corrected chi connectivity index (χ1v) is 11.0. The molecule has 1 aliphatic heterocycles. The lowest BCUT2D eigenvalue weighted by Gasteiger charge is -2.30. The van der Waals surface area contributed by atoms with Crippen molar-refractivity contribution in [1.29, 1.82) is 0 Å². The fourth-order valence-electron chi connectivity index (χ4n) is 4.76.